The van der Waals surface area contributed by atoms with Crippen LogP contribution in [0.25, 0.3) is 0 Å². The number of H-pyrrole nitrogens is 1. The molecule has 0 unspecified atom stereocenters. The van der Waals surface area contributed by atoms with Crippen LogP contribution in [0.1, 0.15) is 10.6 Å². The number of aromatic amines is 1. The summed E-state index contributed by atoms with van der Waals surface area (Å²) >= 11 is 5.55. The Bertz CT molecular complexity index is 525. The summed E-state index contributed by atoms with van der Waals surface area (Å²) in [6.07, 6.45) is 1.42. The molecule has 2 aromatic heterocycles. The van der Waals surface area contributed by atoms with E-state index in [2.05, 4.69) is 30.5 Å². The number of aromatic nitrogens is 5. The van der Waals surface area contributed by atoms with Crippen LogP contribution >= 0.6 is 11.6 Å². The van der Waals surface area contributed by atoms with Crippen molar-refractivity contribution in [1.82, 2.24) is 25.1 Å². The van der Waals surface area contributed by atoms with Crippen molar-refractivity contribution in [2.24, 2.45) is 0 Å². The Morgan fingerprint density at radius 1 is 1.50 bits per heavy atom. The fourth-order valence-electron chi connectivity index (χ4n) is 0.956. The van der Waals surface area contributed by atoms with Gasteiger partial charge in [0.25, 0.3) is 5.91 Å². The first-order valence-corrected chi connectivity index (χ1v) is 4.51. The van der Waals surface area contributed by atoms with Crippen LogP contribution in [0.4, 0.5) is 11.8 Å². The van der Waals surface area contributed by atoms with Gasteiger partial charge in [-0.2, -0.15) is 4.98 Å². The van der Waals surface area contributed by atoms with E-state index in [1.807, 2.05) is 0 Å². The summed E-state index contributed by atoms with van der Waals surface area (Å²) in [6, 6.07) is 1.49. The topological polar surface area (TPSA) is 122 Å². The van der Waals surface area contributed by atoms with Gasteiger partial charge in [-0.05, 0) is 17.7 Å². The highest BCUT2D eigenvalue weighted by molar-refractivity contribution is 6.28. The molecule has 0 aliphatic heterocycles. The molecule has 0 bridgehead atoms. The third kappa shape index (κ3) is 2.23. The number of carbonyl (C=O) groups is 1. The van der Waals surface area contributed by atoms with E-state index in [1.165, 1.54) is 12.3 Å². The van der Waals surface area contributed by atoms with Gasteiger partial charge < -0.3 is 11.1 Å². The predicted molar refractivity (Wildman–Crippen MR) is 55.8 cm³/mol. The maximum absolute atomic E-state index is 11.5. The molecule has 0 spiro atoms. The van der Waals surface area contributed by atoms with Crippen molar-refractivity contribution in [2.75, 3.05) is 11.1 Å². The number of amides is 1. The smallest absolute Gasteiger partial charge is 0.294 e. The van der Waals surface area contributed by atoms with E-state index in [0.717, 1.165) is 0 Å². The van der Waals surface area contributed by atoms with E-state index in [-0.39, 0.29) is 22.9 Å². The third-order valence-electron chi connectivity index (χ3n) is 1.59. The van der Waals surface area contributed by atoms with Crippen LogP contribution in [0.5, 0.6) is 0 Å². The Morgan fingerprint density at radius 3 is 2.94 bits per heavy atom. The lowest BCUT2D eigenvalue weighted by Crippen LogP contribution is -2.14. The van der Waals surface area contributed by atoms with Crippen molar-refractivity contribution in [3.63, 3.8) is 0 Å². The number of hydrogen-bond acceptors (Lipinski definition) is 6. The van der Waals surface area contributed by atoms with Gasteiger partial charge in [-0.15, -0.1) is 5.10 Å². The molecule has 82 valence electrons. The monoisotopic (exact) mass is 239 g/mol. The molecule has 0 aromatic carbocycles. The molecule has 4 N–H and O–H groups in total. The third-order valence-corrected chi connectivity index (χ3v) is 1.77. The molecule has 0 aliphatic carbocycles. The van der Waals surface area contributed by atoms with E-state index >= 15 is 0 Å². The lowest BCUT2D eigenvalue weighted by atomic mass is 10.5. The highest BCUT2D eigenvalue weighted by Crippen LogP contribution is 2.06. The van der Waals surface area contributed by atoms with Gasteiger partial charge in [0.2, 0.25) is 17.1 Å². The summed E-state index contributed by atoms with van der Waals surface area (Å²) in [5, 5.41) is 8.37. The zero-order chi connectivity index (χ0) is 11.5. The number of halogens is 1. The molecule has 9 heteroatoms. The molecule has 2 aromatic rings. The molecule has 2 rings (SSSR count). The Hall–Kier alpha value is -2.22. The van der Waals surface area contributed by atoms with Gasteiger partial charge in [0.05, 0.1) is 0 Å². The van der Waals surface area contributed by atoms with Crippen molar-refractivity contribution in [2.45, 2.75) is 0 Å². The fraction of sp³-hybridized carbons (Fsp3) is 0. The Kier molecular flexibility index (Phi) is 2.64. The second kappa shape index (κ2) is 4.11. The summed E-state index contributed by atoms with van der Waals surface area (Å²) in [5.74, 6) is -0.267. The lowest BCUT2D eigenvalue weighted by molar-refractivity contribution is 0.101. The zero-order valence-corrected chi connectivity index (χ0v) is 8.56. The molecule has 1 amide bonds. The molecular weight excluding hydrogens is 234 g/mol. The molecule has 0 fully saturated rings. The quantitative estimate of drug-likeness (QED) is 0.638. The number of nitrogens with two attached hydrogens (primary N) is 1. The van der Waals surface area contributed by atoms with E-state index < -0.39 is 5.91 Å². The SMILES string of the molecule is Nc1n[nH]c(C(=O)Nc2ccnc(Cl)n2)n1. The average molecular weight is 240 g/mol. The minimum absolute atomic E-state index is 0.00719. The standard InChI is InChI=1S/C7H6ClN7O/c8-6-10-2-1-3(12-6)11-5(16)4-13-7(9)15-14-4/h1-2H,(H3,9,13,14,15)(H,10,11,12,16). The number of nitrogens with one attached hydrogen (secondary N) is 2. The number of hydrogen-bond donors (Lipinski definition) is 3. The van der Waals surface area contributed by atoms with Crippen LogP contribution in [-0.4, -0.2) is 31.1 Å². The van der Waals surface area contributed by atoms with Crippen molar-refractivity contribution >= 4 is 29.3 Å². The summed E-state index contributed by atoms with van der Waals surface area (Å²) in [7, 11) is 0. The van der Waals surface area contributed by atoms with Gasteiger partial charge in [-0.1, -0.05) is 0 Å². The Balaban J connectivity index is 2.13. The van der Waals surface area contributed by atoms with Crippen LogP contribution in [0.3, 0.4) is 0 Å². The zero-order valence-electron chi connectivity index (χ0n) is 7.81. The van der Waals surface area contributed by atoms with Gasteiger partial charge in [0.15, 0.2) is 0 Å². The van der Waals surface area contributed by atoms with Gasteiger partial charge in [0.1, 0.15) is 5.82 Å². The first-order valence-electron chi connectivity index (χ1n) is 4.13. The number of nitrogens with zero attached hydrogens (tertiary/aromatic N) is 4. The molecule has 0 radical (unpaired) electrons. The predicted octanol–water partition coefficient (Wildman–Crippen LogP) is 0.0826. The van der Waals surface area contributed by atoms with Gasteiger partial charge in [-0.3, -0.25) is 9.89 Å². The molecule has 0 saturated heterocycles. The molecule has 0 saturated carbocycles. The van der Waals surface area contributed by atoms with E-state index in [9.17, 15) is 4.79 Å². The van der Waals surface area contributed by atoms with E-state index in [0.29, 0.717) is 0 Å². The number of nitrogen functional groups attached to an aromatic ring is 1. The van der Waals surface area contributed by atoms with Crippen LogP contribution < -0.4 is 11.1 Å². The largest absolute Gasteiger partial charge is 0.366 e. The number of anilines is 2. The molecule has 16 heavy (non-hydrogen) atoms. The van der Waals surface area contributed by atoms with Crippen LogP contribution in [0.15, 0.2) is 12.3 Å². The van der Waals surface area contributed by atoms with Crippen molar-refractivity contribution in [3.05, 3.63) is 23.4 Å². The van der Waals surface area contributed by atoms with Gasteiger partial charge in [-0.25, -0.2) is 9.97 Å². The number of carbonyl (C=O) groups excluding carboxylic acids is 1. The van der Waals surface area contributed by atoms with Crippen molar-refractivity contribution < 1.29 is 4.79 Å². The Labute approximate surface area is 94.3 Å². The Morgan fingerprint density at radius 2 is 2.31 bits per heavy atom. The summed E-state index contributed by atoms with van der Waals surface area (Å²) in [5.41, 5.74) is 5.25. The number of rotatable bonds is 2. The lowest BCUT2D eigenvalue weighted by Gasteiger charge is -2.00. The first kappa shape index (κ1) is 10.3. The van der Waals surface area contributed by atoms with Crippen LogP contribution in [0.2, 0.25) is 5.28 Å². The highest BCUT2D eigenvalue weighted by Gasteiger charge is 2.11. The van der Waals surface area contributed by atoms with Crippen LogP contribution in [-0.2, 0) is 0 Å². The second-order valence-electron chi connectivity index (χ2n) is 2.71. The van der Waals surface area contributed by atoms with Crippen molar-refractivity contribution in [3.8, 4) is 0 Å². The fourth-order valence-corrected chi connectivity index (χ4v) is 1.10. The van der Waals surface area contributed by atoms with Gasteiger partial charge in [0, 0.05) is 6.20 Å². The van der Waals surface area contributed by atoms with E-state index in [4.69, 9.17) is 17.3 Å². The molecule has 2 heterocycles. The van der Waals surface area contributed by atoms with Crippen LogP contribution in [0, 0.1) is 0 Å². The van der Waals surface area contributed by atoms with Crippen molar-refractivity contribution in [1.29, 1.82) is 0 Å². The van der Waals surface area contributed by atoms with E-state index in [1.54, 1.807) is 0 Å². The second-order valence-corrected chi connectivity index (χ2v) is 3.05. The average Bonchev–Trinajstić information content (AvgIpc) is 2.65. The molecule has 0 atom stereocenters. The first-order chi connectivity index (χ1) is 7.65. The molecule has 0 aliphatic rings. The maximum atomic E-state index is 11.5. The summed E-state index contributed by atoms with van der Waals surface area (Å²) in [6.45, 7) is 0. The maximum Gasteiger partial charge on any atom is 0.294 e. The molecular formula is C7H6ClN7O. The normalized spacial score (nSPS) is 10.1. The van der Waals surface area contributed by atoms with Gasteiger partial charge >= 0.3 is 0 Å². The minimum Gasteiger partial charge on any atom is -0.366 e. The summed E-state index contributed by atoms with van der Waals surface area (Å²) < 4.78 is 0. The minimum atomic E-state index is -0.515. The highest BCUT2D eigenvalue weighted by atomic mass is 35.5. The molecule has 8 nitrogen and oxygen atoms in total. The summed E-state index contributed by atoms with van der Waals surface area (Å²) in [4.78, 5) is 22.6.